The lowest BCUT2D eigenvalue weighted by molar-refractivity contribution is -0.154. The number of carbonyl (C=O) groups is 3. The minimum absolute atomic E-state index is 0.0520. The first-order valence-corrected chi connectivity index (χ1v) is 12.1. The van der Waals surface area contributed by atoms with Gasteiger partial charge in [0, 0.05) is 16.6 Å². The number of urea groups is 1. The van der Waals surface area contributed by atoms with Crippen molar-refractivity contribution in [1.82, 2.24) is 0 Å². The maximum Gasteiger partial charge on any atom is 0.323 e. The largest absolute Gasteiger partial charge is 0.481 e. The predicted octanol–water partition coefficient (Wildman–Crippen LogP) is 5.44. The van der Waals surface area contributed by atoms with Crippen molar-refractivity contribution in [3.8, 4) is 0 Å². The number of halogens is 2. The molecule has 2 amide bonds. The molecule has 0 aromatic heterocycles. The lowest BCUT2D eigenvalue weighted by Crippen LogP contribution is -2.48. The number of rotatable bonds is 6. The zero-order valence-corrected chi connectivity index (χ0v) is 19.9. The van der Waals surface area contributed by atoms with Gasteiger partial charge < -0.3 is 20.8 Å². The summed E-state index contributed by atoms with van der Waals surface area (Å²) >= 11 is 5.91. The first-order chi connectivity index (χ1) is 16.7. The SMILES string of the molecule is O=C(O)CC1(CO)CCC2CC(c3ccc(NC(=O)Nc4cccc(Cl)c4)c(F)c3)CCC2C1=O. The number of amides is 2. The van der Waals surface area contributed by atoms with Crippen molar-refractivity contribution >= 4 is 40.8 Å². The van der Waals surface area contributed by atoms with Crippen molar-refractivity contribution in [2.75, 3.05) is 17.2 Å². The third-order valence-electron chi connectivity index (χ3n) is 7.42. The monoisotopic (exact) mass is 502 g/mol. The molecule has 35 heavy (non-hydrogen) atoms. The van der Waals surface area contributed by atoms with E-state index >= 15 is 0 Å². The summed E-state index contributed by atoms with van der Waals surface area (Å²) in [7, 11) is 0. The van der Waals surface area contributed by atoms with Crippen LogP contribution in [0, 0.1) is 23.1 Å². The van der Waals surface area contributed by atoms with Crippen LogP contribution in [0.15, 0.2) is 42.5 Å². The number of benzene rings is 2. The summed E-state index contributed by atoms with van der Waals surface area (Å²) in [5.41, 5.74) is 0.152. The molecule has 0 saturated heterocycles. The van der Waals surface area contributed by atoms with Crippen molar-refractivity contribution in [1.29, 1.82) is 0 Å². The Hall–Kier alpha value is -2.97. The van der Waals surface area contributed by atoms with Gasteiger partial charge in [-0.3, -0.25) is 9.59 Å². The smallest absolute Gasteiger partial charge is 0.323 e. The van der Waals surface area contributed by atoms with Crippen LogP contribution in [0.2, 0.25) is 5.02 Å². The second kappa shape index (κ2) is 10.3. The first kappa shape index (κ1) is 25.1. The fraction of sp³-hybridized carbons (Fsp3) is 0.423. The maximum atomic E-state index is 14.8. The number of Topliss-reactive ketones (excluding diaryl/α,β-unsaturated/α-hetero) is 1. The van der Waals surface area contributed by atoms with Gasteiger partial charge in [-0.25, -0.2) is 9.18 Å². The van der Waals surface area contributed by atoms with E-state index in [4.69, 9.17) is 11.6 Å². The number of carbonyl (C=O) groups excluding carboxylic acids is 2. The fourth-order valence-corrected chi connectivity index (χ4v) is 5.81. The Labute approximate surface area is 207 Å². The van der Waals surface area contributed by atoms with Crippen LogP contribution in [0.5, 0.6) is 0 Å². The van der Waals surface area contributed by atoms with Crippen molar-refractivity contribution in [2.45, 2.75) is 44.4 Å². The molecule has 4 N–H and O–H groups in total. The summed E-state index contributed by atoms with van der Waals surface area (Å²) in [5.74, 6) is -1.90. The number of carboxylic acids is 1. The molecule has 0 heterocycles. The fourth-order valence-electron chi connectivity index (χ4n) is 5.62. The minimum Gasteiger partial charge on any atom is -0.481 e. The molecule has 2 aromatic carbocycles. The summed E-state index contributed by atoms with van der Waals surface area (Å²) in [6, 6.07) is 10.8. The number of aliphatic hydroxyl groups is 1. The minimum atomic E-state index is -1.19. The molecule has 186 valence electrons. The quantitative estimate of drug-likeness (QED) is 0.420. The molecule has 0 spiro atoms. The molecule has 0 radical (unpaired) electrons. The van der Waals surface area contributed by atoms with E-state index in [1.807, 2.05) is 0 Å². The molecule has 0 bridgehead atoms. The molecule has 2 aliphatic rings. The van der Waals surface area contributed by atoms with Crippen LogP contribution < -0.4 is 10.6 Å². The lowest BCUT2D eigenvalue weighted by Gasteiger charge is -2.45. The molecule has 4 unspecified atom stereocenters. The van der Waals surface area contributed by atoms with E-state index in [1.165, 1.54) is 12.1 Å². The average Bonchev–Trinajstić information content (AvgIpc) is 2.82. The first-order valence-electron chi connectivity index (χ1n) is 11.7. The van der Waals surface area contributed by atoms with Crippen LogP contribution in [-0.4, -0.2) is 34.6 Å². The van der Waals surface area contributed by atoms with E-state index in [2.05, 4.69) is 10.6 Å². The Kier molecular flexibility index (Phi) is 7.42. The molecule has 9 heteroatoms. The molecule has 0 aliphatic heterocycles. The number of nitrogens with one attached hydrogen (secondary N) is 2. The molecule has 7 nitrogen and oxygen atoms in total. The number of hydrogen-bond donors (Lipinski definition) is 4. The Morgan fingerprint density at radius 1 is 1.11 bits per heavy atom. The zero-order valence-electron chi connectivity index (χ0n) is 19.1. The van der Waals surface area contributed by atoms with E-state index in [1.54, 1.807) is 30.3 Å². The number of carboxylic acid groups (broad SMARTS) is 1. The standard InChI is InChI=1S/C26H28ClFN2O5/c27-18-2-1-3-19(12-18)29-25(35)30-22-7-5-16(11-21(22)28)15-4-6-20-17(10-15)8-9-26(14-31,24(20)34)13-23(32)33/h1-3,5,7,11-12,15,17,20,31H,4,6,8-10,13-14H2,(H,32,33)(H2,29,30,35). The van der Waals surface area contributed by atoms with Crippen molar-refractivity contribution in [3.63, 3.8) is 0 Å². The molecule has 4 atom stereocenters. The molecule has 2 fully saturated rings. The highest BCUT2D eigenvalue weighted by Gasteiger charge is 2.50. The van der Waals surface area contributed by atoms with E-state index in [-0.39, 0.29) is 35.6 Å². The molecule has 4 rings (SSSR count). The van der Waals surface area contributed by atoms with Gasteiger partial charge in [0.15, 0.2) is 0 Å². The van der Waals surface area contributed by atoms with Crippen LogP contribution in [0.4, 0.5) is 20.6 Å². The van der Waals surface area contributed by atoms with E-state index in [0.29, 0.717) is 42.8 Å². The number of aliphatic carboxylic acids is 1. The third kappa shape index (κ3) is 5.49. The van der Waals surface area contributed by atoms with Crippen molar-refractivity contribution in [2.24, 2.45) is 17.3 Å². The predicted molar refractivity (Wildman–Crippen MR) is 130 cm³/mol. The highest BCUT2D eigenvalue weighted by molar-refractivity contribution is 6.30. The molecule has 2 saturated carbocycles. The van der Waals surface area contributed by atoms with Crippen LogP contribution in [0.1, 0.15) is 50.0 Å². The van der Waals surface area contributed by atoms with Gasteiger partial charge in [0.05, 0.1) is 24.1 Å². The number of fused-ring (bicyclic) bond motifs is 1. The second-order valence-electron chi connectivity index (χ2n) is 9.62. The van der Waals surface area contributed by atoms with E-state index in [0.717, 1.165) is 5.56 Å². The topological polar surface area (TPSA) is 116 Å². The van der Waals surface area contributed by atoms with Crippen molar-refractivity contribution in [3.05, 3.63) is 58.9 Å². The number of aliphatic hydroxyl groups excluding tert-OH is 1. The van der Waals surface area contributed by atoms with E-state index < -0.39 is 29.8 Å². The highest BCUT2D eigenvalue weighted by atomic mass is 35.5. The highest BCUT2D eigenvalue weighted by Crippen LogP contribution is 2.50. The number of anilines is 2. The van der Waals surface area contributed by atoms with Gasteiger partial charge in [-0.15, -0.1) is 0 Å². The van der Waals surface area contributed by atoms with Crippen LogP contribution in [-0.2, 0) is 9.59 Å². The van der Waals surface area contributed by atoms with E-state index in [9.17, 15) is 29.0 Å². The Morgan fingerprint density at radius 2 is 1.91 bits per heavy atom. The summed E-state index contributed by atoms with van der Waals surface area (Å²) in [4.78, 5) is 36.6. The average molecular weight is 503 g/mol. The van der Waals surface area contributed by atoms with Crippen LogP contribution in [0.3, 0.4) is 0 Å². The van der Waals surface area contributed by atoms with Crippen LogP contribution in [0.25, 0.3) is 0 Å². The molecular formula is C26H28ClFN2O5. The Balaban J connectivity index is 1.40. The van der Waals surface area contributed by atoms with Crippen molar-refractivity contribution < 1.29 is 29.0 Å². The normalized spacial score (nSPS) is 26.0. The molecular weight excluding hydrogens is 475 g/mol. The lowest BCUT2D eigenvalue weighted by atomic mass is 9.57. The number of hydrogen-bond acceptors (Lipinski definition) is 4. The van der Waals surface area contributed by atoms with Gasteiger partial charge in [0.2, 0.25) is 0 Å². The summed E-state index contributed by atoms with van der Waals surface area (Å²) in [5, 5.41) is 24.6. The Bertz CT molecular complexity index is 1140. The van der Waals surface area contributed by atoms with Gasteiger partial charge >= 0.3 is 12.0 Å². The Morgan fingerprint density at radius 3 is 2.60 bits per heavy atom. The summed E-state index contributed by atoms with van der Waals surface area (Å²) < 4.78 is 14.8. The summed E-state index contributed by atoms with van der Waals surface area (Å²) in [6.45, 7) is -0.449. The maximum absolute atomic E-state index is 14.8. The molecule has 2 aromatic rings. The van der Waals surface area contributed by atoms with Gasteiger partial charge in [-0.05, 0) is 79.8 Å². The number of ketones is 1. The third-order valence-corrected chi connectivity index (χ3v) is 7.66. The summed E-state index contributed by atoms with van der Waals surface area (Å²) in [6.07, 6.45) is 2.61. The van der Waals surface area contributed by atoms with Gasteiger partial charge in [-0.2, -0.15) is 0 Å². The van der Waals surface area contributed by atoms with Gasteiger partial charge in [-0.1, -0.05) is 23.7 Å². The molecule has 2 aliphatic carbocycles. The second-order valence-corrected chi connectivity index (χ2v) is 10.1. The zero-order chi connectivity index (χ0) is 25.2. The van der Waals surface area contributed by atoms with Gasteiger partial charge in [0.1, 0.15) is 11.6 Å². The van der Waals surface area contributed by atoms with Crippen LogP contribution >= 0.6 is 11.6 Å². The van der Waals surface area contributed by atoms with Gasteiger partial charge in [0.25, 0.3) is 0 Å².